The van der Waals surface area contributed by atoms with Crippen LogP contribution in [0.3, 0.4) is 0 Å². The normalized spacial score (nSPS) is 8.64. The van der Waals surface area contributed by atoms with Gasteiger partial charge in [-0.1, -0.05) is 18.9 Å². The molecule has 0 saturated heterocycles. The lowest BCUT2D eigenvalue weighted by molar-refractivity contribution is -0.103. The highest BCUT2D eigenvalue weighted by Gasteiger charge is 1.93. The van der Waals surface area contributed by atoms with Gasteiger partial charge in [-0.25, -0.2) is 0 Å². The molecule has 0 saturated carbocycles. The largest absolute Gasteiger partial charge is 0.494 e. The highest BCUT2D eigenvalue weighted by molar-refractivity contribution is 5.74. The lowest BCUT2D eigenvalue weighted by Gasteiger charge is -2.03. The van der Waals surface area contributed by atoms with Crippen molar-refractivity contribution in [2.45, 2.75) is 13.3 Å². The van der Waals surface area contributed by atoms with Crippen molar-refractivity contribution in [3.63, 3.8) is 0 Å². The molecule has 2 heteroatoms. The van der Waals surface area contributed by atoms with Crippen molar-refractivity contribution in [2.24, 2.45) is 0 Å². The van der Waals surface area contributed by atoms with Crippen LogP contribution in [-0.4, -0.2) is 12.9 Å². The number of rotatable bonds is 3. The monoisotopic (exact) mass is 188 g/mol. The lowest BCUT2D eigenvalue weighted by atomic mass is 10.2. The molecule has 0 amide bonds. The number of benzene rings is 1. The van der Waals surface area contributed by atoms with Crippen molar-refractivity contribution < 1.29 is 9.53 Å². The van der Waals surface area contributed by atoms with Crippen LogP contribution in [0.15, 0.2) is 24.3 Å². The van der Waals surface area contributed by atoms with Crippen LogP contribution >= 0.6 is 0 Å². The van der Waals surface area contributed by atoms with E-state index in [0.717, 1.165) is 17.7 Å². The summed E-state index contributed by atoms with van der Waals surface area (Å²) in [6.45, 7) is 2.75. The minimum atomic E-state index is 0.583. The van der Waals surface area contributed by atoms with Crippen molar-refractivity contribution in [2.75, 3.05) is 6.61 Å². The fraction of sp³-hybridized carbons (Fsp3) is 0.250. The van der Waals surface area contributed by atoms with Gasteiger partial charge in [-0.05, 0) is 30.5 Å². The van der Waals surface area contributed by atoms with Gasteiger partial charge in [-0.2, -0.15) is 0 Å². The molecule has 0 aromatic heterocycles. The Hall–Kier alpha value is -1.75. The minimum Gasteiger partial charge on any atom is -0.494 e. The van der Waals surface area contributed by atoms with Crippen LogP contribution < -0.4 is 4.74 Å². The van der Waals surface area contributed by atoms with E-state index < -0.39 is 0 Å². The second-order valence-electron chi connectivity index (χ2n) is 2.76. The van der Waals surface area contributed by atoms with E-state index in [1.165, 1.54) is 0 Å². The van der Waals surface area contributed by atoms with Gasteiger partial charge in [0, 0.05) is 5.56 Å². The Morgan fingerprint density at radius 1 is 1.50 bits per heavy atom. The molecule has 1 aromatic carbocycles. The van der Waals surface area contributed by atoms with Gasteiger partial charge in [0.15, 0.2) is 6.29 Å². The molecule has 0 N–H and O–H groups in total. The van der Waals surface area contributed by atoms with Gasteiger partial charge in [0.1, 0.15) is 5.75 Å². The second kappa shape index (κ2) is 5.82. The van der Waals surface area contributed by atoms with E-state index >= 15 is 0 Å². The first-order chi connectivity index (χ1) is 6.86. The Labute approximate surface area is 83.9 Å². The van der Waals surface area contributed by atoms with Crippen LogP contribution in [0, 0.1) is 11.8 Å². The van der Waals surface area contributed by atoms with Crippen LogP contribution in [0.5, 0.6) is 5.75 Å². The van der Waals surface area contributed by atoms with Crippen LogP contribution in [-0.2, 0) is 4.79 Å². The summed E-state index contributed by atoms with van der Waals surface area (Å²) in [5.41, 5.74) is 0.797. The number of carbonyl (C=O) groups is 1. The average Bonchev–Trinajstić information content (AvgIpc) is 2.24. The Morgan fingerprint density at radius 3 is 3.07 bits per heavy atom. The highest BCUT2D eigenvalue weighted by atomic mass is 16.5. The predicted molar refractivity (Wildman–Crippen MR) is 55.2 cm³/mol. The Kier molecular flexibility index (Phi) is 4.30. The predicted octanol–water partition coefficient (Wildman–Crippen LogP) is 2.03. The molecule has 2 nitrogen and oxygen atoms in total. The Balaban J connectivity index is 2.73. The first-order valence-corrected chi connectivity index (χ1v) is 4.55. The fourth-order valence-corrected chi connectivity index (χ4v) is 0.996. The summed E-state index contributed by atoms with van der Waals surface area (Å²) in [6.07, 6.45) is 1.56. The molecule has 0 aliphatic rings. The second-order valence-corrected chi connectivity index (χ2v) is 2.76. The first kappa shape index (κ1) is 10.3. The van der Waals surface area contributed by atoms with Gasteiger partial charge in [0.25, 0.3) is 0 Å². The number of carbonyl (C=O) groups excluding carboxylic acids is 1. The maximum absolute atomic E-state index is 10.0. The smallest absolute Gasteiger partial charge is 0.193 e. The topological polar surface area (TPSA) is 26.3 Å². The zero-order valence-electron chi connectivity index (χ0n) is 8.12. The Bertz CT molecular complexity index is 358. The molecule has 0 spiro atoms. The van der Waals surface area contributed by atoms with Crippen LogP contribution in [0.2, 0.25) is 0 Å². The third kappa shape index (κ3) is 3.32. The standard InChI is InChI=1S/C12H12O2/c1-2-9-14-12-7-3-5-11(10-12)6-4-8-13/h3,5,7-8,10H,2,9H2,1H3. The van der Waals surface area contributed by atoms with E-state index in [9.17, 15) is 4.79 Å². The zero-order valence-corrected chi connectivity index (χ0v) is 8.12. The molecular formula is C12H12O2. The summed E-state index contributed by atoms with van der Waals surface area (Å²) in [7, 11) is 0. The molecule has 0 atom stereocenters. The Morgan fingerprint density at radius 2 is 2.36 bits per heavy atom. The van der Waals surface area contributed by atoms with E-state index in [1.807, 2.05) is 24.3 Å². The summed E-state index contributed by atoms with van der Waals surface area (Å²) in [5.74, 6) is 5.87. The number of ether oxygens (including phenoxy) is 1. The van der Waals surface area contributed by atoms with Gasteiger partial charge in [-0.15, -0.1) is 0 Å². The van der Waals surface area contributed by atoms with Gasteiger partial charge in [0.2, 0.25) is 0 Å². The molecule has 0 unspecified atom stereocenters. The van der Waals surface area contributed by atoms with E-state index in [1.54, 1.807) is 0 Å². The molecule has 14 heavy (non-hydrogen) atoms. The van der Waals surface area contributed by atoms with Crippen LogP contribution in [0.25, 0.3) is 0 Å². The molecule has 1 aromatic rings. The molecular weight excluding hydrogens is 176 g/mol. The molecule has 1 rings (SSSR count). The third-order valence-corrected chi connectivity index (χ3v) is 1.58. The van der Waals surface area contributed by atoms with E-state index in [0.29, 0.717) is 12.9 Å². The van der Waals surface area contributed by atoms with Crippen LogP contribution in [0.1, 0.15) is 18.9 Å². The van der Waals surface area contributed by atoms with E-state index in [-0.39, 0.29) is 0 Å². The van der Waals surface area contributed by atoms with Crippen LogP contribution in [0.4, 0.5) is 0 Å². The first-order valence-electron chi connectivity index (χ1n) is 4.55. The maximum Gasteiger partial charge on any atom is 0.193 e. The van der Waals surface area contributed by atoms with Gasteiger partial charge >= 0.3 is 0 Å². The zero-order chi connectivity index (χ0) is 10.2. The summed E-state index contributed by atoms with van der Waals surface area (Å²) < 4.78 is 5.42. The SMILES string of the molecule is CCCOc1cccc(C#CC=O)c1. The molecule has 72 valence electrons. The molecule has 0 heterocycles. The number of hydrogen-bond donors (Lipinski definition) is 0. The fourth-order valence-electron chi connectivity index (χ4n) is 0.996. The number of hydrogen-bond acceptors (Lipinski definition) is 2. The summed E-state index contributed by atoms with van der Waals surface area (Å²) in [6, 6.07) is 7.41. The molecule has 0 fully saturated rings. The quantitative estimate of drug-likeness (QED) is 0.536. The molecule has 0 bridgehead atoms. The third-order valence-electron chi connectivity index (χ3n) is 1.58. The van der Waals surface area contributed by atoms with Crippen molar-refractivity contribution in [1.82, 2.24) is 0 Å². The van der Waals surface area contributed by atoms with Crippen molar-refractivity contribution >= 4 is 6.29 Å². The average molecular weight is 188 g/mol. The van der Waals surface area contributed by atoms with Gasteiger partial charge in [0.05, 0.1) is 6.61 Å². The van der Waals surface area contributed by atoms with E-state index in [4.69, 9.17) is 4.74 Å². The summed E-state index contributed by atoms with van der Waals surface area (Å²) in [4.78, 5) is 10.0. The summed E-state index contributed by atoms with van der Waals surface area (Å²) in [5, 5.41) is 0. The van der Waals surface area contributed by atoms with Gasteiger partial charge in [-0.3, -0.25) is 4.79 Å². The summed E-state index contributed by atoms with van der Waals surface area (Å²) >= 11 is 0. The number of aldehydes is 1. The van der Waals surface area contributed by atoms with Crippen molar-refractivity contribution in [3.8, 4) is 17.6 Å². The van der Waals surface area contributed by atoms with Crippen molar-refractivity contribution in [1.29, 1.82) is 0 Å². The molecule has 0 aliphatic heterocycles. The molecule has 0 aliphatic carbocycles. The maximum atomic E-state index is 10.0. The lowest BCUT2D eigenvalue weighted by Crippen LogP contribution is -1.94. The minimum absolute atomic E-state index is 0.583. The van der Waals surface area contributed by atoms with Gasteiger partial charge < -0.3 is 4.74 Å². The molecule has 0 radical (unpaired) electrons. The van der Waals surface area contributed by atoms with E-state index in [2.05, 4.69) is 18.8 Å². The highest BCUT2D eigenvalue weighted by Crippen LogP contribution is 2.12. The van der Waals surface area contributed by atoms with Crippen molar-refractivity contribution in [3.05, 3.63) is 29.8 Å².